The second-order valence-corrected chi connectivity index (χ2v) is 7.52. The van der Waals surface area contributed by atoms with Crippen molar-refractivity contribution in [2.24, 2.45) is 14.1 Å². The van der Waals surface area contributed by atoms with E-state index in [-0.39, 0.29) is 12.1 Å². The molecule has 0 radical (unpaired) electrons. The summed E-state index contributed by atoms with van der Waals surface area (Å²) in [5.41, 5.74) is 7.16. The Labute approximate surface area is 163 Å². The van der Waals surface area contributed by atoms with Crippen LogP contribution in [0.4, 0.5) is 0 Å². The van der Waals surface area contributed by atoms with Crippen molar-refractivity contribution in [2.75, 3.05) is 0 Å². The highest BCUT2D eigenvalue weighted by Gasteiger charge is 2.33. The van der Waals surface area contributed by atoms with Gasteiger partial charge in [0.15, 0.2) is 0 Å². The lowest BCUT2D eigenvalue weighted by molar-refractivity contribution is -0.137. The number of fused-ring (bicyclic) bond motifs is 2. The summed E-state index contributed by atoms with van der Waals surface area (Å²) in [7, 11) is 4.09. The predicted octanol–water partition coefficient (Wildman–Crippen LogP) is 4.97. The highest BCUT2D eigenvalue weighted by molar-refractivity contribution is 6.22. The van der Waals surface area contributed by atoms with Crippen molar-refractivity contribution in [1.29, 1.82) is 0 Å². The number of benzene rings is 2. The van der Waals surface area contributed by atoms with Gasteiger partial charge in [-0.05, 0) is 32.1 Å². The average Bonchev–Trinajstić information content (AvgIpc) is 3.28. The van der Waals surface area contributed by atoms with Crippen LogP contribution in [-0.4, -0.2) is 15.1 Å². The van der Waals surface area contributed by atoms with Crippen LogP contribution in [0.5, 0.6) is 0 Å². The second kappa shape index (κ2) is 5.86. The van der Waals surface area contributed by atoms with Crippen LogP contribution in [0.3, 0.4) is 0 Å². The van der Waals surface area contributed by atoms with Crippen molar-refractivity contribution < 1.29 is 9.53 Å². The van der Waals surface area contributed by atoms with Gasteiger partial charge >= 0.3 is 5.97 Å². The molecular weight excluding hydrogens is 348 g/mol. The van der Waals surface area contributed by atoms with Crippen molar-refractivity contribution in [3.05, 3.63) is 77.1 Å². The van der Waals surface area contributed by atoms with E-state index in [1.54, 1.807) is 0 Å². The Balaban J connectivity index is 1.72. The molecule has 0 spiro atoms. The van der Waals surface area contributed by atoms with Gasteiger partial charge in [0, 0.05) is 58.4 Å². The fraction of sp³-hybridized carbons (Fsp3) is 0.208. The van der Waals surface area contributed by atoms with Gasteiger partial charge in [0.25, 0.3) is 0 Å². The first-order chi connectivity index (χ1) is 13.5. The summed E-state index contributed by atoms with van der Waals surface area (Å²) in [5, 5.41) is 2.22. The highest BCUT2D eigenvalue weighted by atomic mass is 16.5. The van der Waals surface area contributed by atoms with Gasteiger partial charge in [0.05, 0.1) is 5.57 Å². The Kier molecular flexibility index (Phi) is 3.53. The summed E-state index contributed by atoms with van der Waals surface area (Å²) in [6, 6.07) is 16.5. The lowest BCUT2D eigenvalue weighted by Crippen LogP contribution is -2.04. The normalized spacial score (nSPS) is 16.8. The first-order valence-corrected chi connectivity index (χ1v) is 9.50. The molecule has 0 bridgehead atoms. The number of aromatic nitrogens is 2. The molecule has 4 aromatic rings. The van der Waals surface area contributed by atoms with E-state index in [1.807, 2.05) is 37.4 Å². The number of para-hydroxylation sites is 2. The van der Waals surface area contributed by atoms with Gasteiger partial charge in [-0.25, -0.2) is 4.79 Å². The van der Waals surface area contributed by atoms with Crippen molar-refractivity contribution in [2.45, 2.75) is 20.0 Å². The molecule has 28 heavy (non-hydrogen) atoms. The van der Waals surface area contributed by atoms with E-state index in [4.69, 9.17) is 4.74 Å². The molecule has 2 aromatic carbocycles. The van der Waals surface area contributed by atoms with E-state index in [2.05, 4.69) is 54.3 Å². The molecule has 1 aliphatic heterocycles. The molecule has 2 aromatic heterocycles. The van der Waals surface area contributed by atoms with Crippen molar-refractivity contribution >= 4 is 33.3 Å². The summed E-state index contributed by atoms with van der Waals surface area (Å²) in [6.07, 6.45) is 1.62. The molecule has 4 heteroatoms. The average molecular weight is 370 g/mol. The molecule has 140 valence electrons. The summed E-state index contributed by atoms with van der Waals surface area (Å²) >= 11 is 0. The third-order valence-corrected chi connectivity index (χ3v) is 6.17. The third-order valence-electron chi connectivity index (χ3n) is 6.17. The molecular formula is C24H22N2O2. The van der Waals surface area contributed by atoms with E-state index in [0.29, 0.717) is 5.57 Å². The minimum atomic E-state index is -0.369. The number of ether oxygens (including phenoxy) is 1. The van der Waals surface area contributed by atoms with Crippen LogP contribution in [0.25, 0.3) is 27.4 Å². The number of aryl methyl sites for hydroxylation is 2. The molecule has 5 rings (SSSR count). The van der Waals surface area contributed by atoms with E-state index < -0.39 is 0 Å². The van der Waals surface area contributed by atoms with Gasteiger partial charge in [0.2, 0.25) is 0 Å². The number of cyclic esters (lactones) is 1. The van der Waals surface area contributed by atoms with Crippen LogP contribution >= 0.6 is 0 Å². The van der Waals surface area contributed by atoms with E-state index in [0.717, 1.165) is 44.3 Å². The predicted molar refractivity (Wildman–Crippen MR) is 112 cm³/mol. The summed E-state index contributed by atoms with van der Waals surface area (Å²) in [4.78, 5) is 12.9. The third kappa shape index (κ3) is 2.15. The minimum Gasteiger partial charge on any atom is -0.449 e. The molecule has 0 saturated carbocycles. The maximum Gasteiger partial charge on any atom is 0.339 e. The zero-order valence-corrected chi connectivity index (χ0v) is 16.5. The Bertz CT molecular complexity index is 1300. The molecule has 4 nitrogen and oxygen atoms in total. The summed E-state index contributed by atoms with van der Waals surface area (Å²) in [5.74, 6) is -0.253. The Morgan fingerprint density at radius 2 is 1.39 bits per heavy atom. The van der Waals surface area contributed by atoms with Crippen LogP contribution < -0.4 is 0 Å². The number of carbonyl (C=O) groups is 1. The van der Waals surface area contributed by atoms with E-state index >= 15 is 0 Å². The largest absolute Gasteiger partial charge is 0.449 e. The molecule has 0 saturated heterocycles. The molecule has 0 amide bonds. The van der Waals surface area contributed by atoms with Crippen LogP contribution in [0.2, 0.25) is 0 Å². The van der Waals surface area contributed by atoms with Gasteiger partial charge in [0.1, 0.15) is 6.10 Å². The van der Waals surface area contributed by atoms with Gasteiger partial charge in [-0.2, -0.15) is 0 Å². The number of rotatable bonds is 2. The molecule has 0 N–H and O–H groups in total. The molecule has 0 fully saturated rings. The van der Waals surface area contributed by atoms with Crippen LogP contribution in [0, 0.1) is 13.8 Å². The molecule has 1 aliphatic rings. The standard InChI is InChI=1S/C24H22N2O2/c1-14-22(16-9-5-7-11-19(16)25(14)3)18-13-21(28-24(18)27)23-15(2)26(4)20-12-8-6-10-17(20)23/h5-13,21H,1-4H3. The number of hydrogen-bond acceptors (Lipinski definition) is 2. The van der Waals surface area contributed by atoms with Crippen LogP contribution in [0.15, 0.2) is 54.6 Å². The first kappa shape index (κ1) is 16.9. The molecule has 0 aliphatic carbocycles. The maximum absolute atomic E-state index is 12.9. The van der Waals surface area contributed by atoms with Gasteiger partial charge in [-0.3, -0.25) is 0 Å². The van der Waals surface area contributed by atoms with Crippen LogP contribution in [-0.2, 0) is 23.6 Å². The zero-order chi connectivity index (χ0) is 19.6. The van der Waals surface area contributed by atoms with Gasteiger partial charge in [-0.1, -0.05) is 36.4 Å². The van der Waals surface area contributed by atoms with Crippen molar-refractivity contribution in [3.63, 3.8) is 0 Å². The van der Waals surface area contributed by atoms with Crippen molar-refractivity contribution in [1.82, 2.24) is 9.13 Å². The summed E-state index contributed by atoms with van der Waals surface area (Å²) in [6.45, 7) is 4.14. The number of esters is 1. The Hall–Kier alpha value is -3.27. The maximum atomic E-state index is 12.9. The topological polar surface area (TPSA) is 36.2 Å². The SMILES string of the molecule is Cc1c(C2=CC(c3c(C)n(C)c4ccccc34)OC2=O)c2ccccc2n1C. The molecule has 1 atom stereocenters. The van der Waals surface area contributed by atoms with E-state index in [1.165, 1.54) is 0 Å². The smallest absolute Gasteiger partial charge is 0.339 e. The fourth-order valence-electron chi connectivity index (χ4n) is 4.53. The highest BCUT2D eigenvalue weighted by Crippen LogP contribution is 2.41. The van der Waals surface area contributed by atoms with Crippen molar-refractivity contribution in [3.8, 4) is 0 Å². The number of nitrogens with zero attached hydrogens (tertiary/aromatic N) is 2. The Morgan fingerprint density at radius 1 is 0.821 bits per heavy atom. The van der Waals surface area contributed by atoms with E-state index in [9.17, 15) is 4.79 Å². The summed E-state index contributed by atoms with van der Waals surface area (Å²) < 4.78 is 10.2. The molecule has 3 heterocycles. The monoisotopic (exact) mass is 370 g/mol. The number of hydrogen-bond donors (Lipinski definition) is 0. The Morgan fingerprint density at radius 3 is 2.11 bits per heavy atom. The molecule has 1 unspecified atom stereocenters. The quantitative estimate of drug-likeness (QED) is 0.467. The minimum absolute atomic E-state index is 0.253. The first-order valence-electron chi connectivity index (χ1n) is 9.50. The lowest BCUT2D eigenvalue weighted by atomic mass is 9.99. The zero-order valence-electron chi connectivity index (χ0n) is 16.5. The lowest BCUT2D eigenvalue weighted by Gasteiger charge is -2.09. The van der Waals surface area contributed by atoms with Crippen LogP contribution in [0.1, 0.15) is 28.6 Å². The van der Waals surface area contributed by atoms with Gasteiger partial charge < -0.3 is 13.9 Å². The number of carbonyl (C=O) groups excluding carboxylic acids is 1. The van der Waals surface area contributed by atoms with Gasteiger partial charge in [-0.15, -0.1) is 0 Å². The fourth-order valence-corrected chi connectivity index (χ4v) is 4.53. The second-order valence-electron chi connectivity index (χ2n) is 7.52.